The third-order valence-electron chi connectivity index (χ3n) is 3.30. The Morgan fingerprint density at radius 1 is 1.50 bits per heavy atom. The molecule has 3 atom stereocenters. The molecule has 0 saturated carbocycles. The van der Waals surface area contributed by atoms with Crippen molar-refractivity contribution in [3.63, 3.8) is 0 Å². The Morgan fingerprint density at radius 2 is 2.25 bits per heavy atom. The molecule has 3 rings (SSSR count). The number of rotatable bonds is 0. The smallest absolute Gasteiger partial charge is 0.224 e. The molecule has 0 aromatic heterocycles. The van der Waals surface area contributed by atoms with Crippen LogP contribution in [-0.2, 0) is 9.53 Å². The van der Waals surface area contributed by atoms with Crippen molar-refractivity contribution in [2.75, 3.05) is 4.90 Å². The third kappa shape index (κ3) is 1.28. The van der Waals surface area contributed by atoms with E-state index in [9.17, 15) is 4.79 Å². The van der Waals surface area contributed by atoms with Crippen LogP contribution in [0.4, 0.5) is 5.69 Å². The minimum Gasteiger partial charge on any atom is -0.362 e. The minimum absolute atomic E-state index is 0.0463. The second-order valence-electron chi connectivity index (χ2n) is 4.35. The number of nitrogens with zero attached hydrogens (tertiary/aromatic N) is 1. The predicted molar refractivity (Wildman–Crippen MR) is 61.7 cm³/mol. The van der Waals surface area contributed by atoms with Gasteiger partial charge in [-0.05, 0) is 25.1 Å². The maximum atomic E-state index is 11.7. The van der Waals surface area contributed by atoms with Crippen LogP contribution in [0.5, 0.6) is 0 Å². The molecule has 0 N–H and O–H groups in total. The van der Waals surface area contributed by atoms with Gasteiger partial charge in [0.1, 0.15) is 12.2 Å². The van der Waals surface area contributed by atoms with Gasteiger partial charge in [-0.3, -0.25) is 4.79 Å². The largest absolute Gasteiger partial charge is 0.362 e. The van der Waals surface area contributed by atoms with Crippen LogP contribution in [0.2, 0.25) is 5.02 Å². The van der Waals surface area contributed by atoms with Gasteiger partial charge in [-0.25, -0.2) is 0 Å². The lowest BCUT2D eigenvalue weighted by molar-refractivity contribution is -0.117. The zero-order valence-electron chi connectivity index (χ0n) is 9.11. The lowest BCUT2D eigenvalue weighted by Gasteiger charge is -2.32. The fourth-order valence-electron chi connectivity index (χ4n) is 2.54. The average molecular weight is 238 g/mol. The molecule has 1 aromatic rings. The fraction of sp³-hybridized carbons (Fsp3) is 0.417. The van der Waals surface area contributed by atoms with Crippen LogP contribution in [0.15, 0.2) is 18.2 Å². The van der Waals surface area contributed by atoms with Crippen molar-refractivity contribution >= 4 is 23.2 Å². The van der Waals surface area contributed by atoms with E-state index in [-0.39, 0.29) is 24.2 Å². The van der Waals surface area contributed by atoms with Crippen LogP contribution in [0.3, 0.4) is 0 Å². The van der Waals surface area contributed by atoms with E-state index in [2.05, 4.69) is 0 Å². The number of hydrogen-bond donors (Lipinski definition) is 0. The number of carbonyl (C=O) groups is 1. The van der Waals surface area contributed by atoms with Gasteiger partial charge >= 0.3 is 0 Å². The number of anilines is 1. The number of amides is 1. The maximum absolute atomic E-state index is 11.7. The highest BCUT2D eigenvalue weighted by Crippen LogP contribution is 2.51. The number of epoxide rings is 1. The van der Waals surface area contributed by atoms with E-state index < -0.39 is 0 Å². The Balaban J connectivity index is 2.15. The molecule has 84 valence electrons. The van der Waals surface area contributed by atoms with Gasteiger partial charge < -0.3 is 9.64 Å². The maximum Gasteiger partial charge on any atom is 0.224 e. The number of benzene rings is 1. The van der Waals surface area contributed by atoms with E-state index in [1.165, 1.54) is 0 Å². The number of hydrogen-bond acceptors (Lipinski definition) is 2. The van der Waals surface area contributed by atoms with Crippen LogP contribution in [0.25, 0.3) is 0 Å². The standard InChI is InChI=1S/C12H12ClNO2/c1-6-11-12(16-11)9-5-8(13)3-4-10(9)14(6)7(2)15/h3-6,11-12H,1-2H3/t6-,11+,12-/m0/s1. The second kappa shape index (κ2) is 3.22. The van der Waals surface area contributed by atoms with Gasteiger partial charge in [0.05, 0.1) is 11.7 Å². The molecule has 1 saturated heterocycles. The van der Waals surface area contributed by atoms with Gasteiger partial charge in [0.15, 0.2) is 0 Å². The number of halogens is 1. The quantitative estimate of drug-likeness (QED) is 0.650. The van der Waals surface area contributed by atoms with Crippen LogP contribution in [-0.4, -0.2) is 18.1 Å². The highest BCUT2D eigenvalue weighted by atomic mass is 35.5. The Kier molecular flexibility index (Phi) is 2.03. The van der Waals surface area contributed by atoms with Crippen LogP contribution < -0.4 is 4.90 Å². The summed E-state index contributed by atoms with van der Waals surface area (Å²) >= 11 is 5.97. The lowest BCUT2D eigenvalue weighted by atomic mass is 9.96. The van der Waals surface area contributed by atoms with Crippen LogP contribution in [0.1, 0.15) is 25.5 Å². The van der Waals surface area contributed by atoms with Crippen molar-refractivity contribution in [2.45, 2.75) is 32.1 Å². The van der Waals surface area contributed by atoms with E-state index in [1.54, 1.807) is 11.8 Å². The topological polar surface area (TPSA) is 32.8 Å². The second-order valence-corrected chi connectivity index (χ2v) is 4.79. The summed E-state index contributed by atoms with van der Waals surface area (Å²) in [5.41, 5.74) is 1.97. The molecule has 2 heterocycles. The first-order valence-corrected chi connectivity index (χ1v) is 5.72. The minimum atomic E-state index is 0.0463. The summed E-state index contributed by atoms with van der Waals surface area (Å²) in [6.45, 7) is 3.60. The van der Waals surface area contributed by atoms with E-state index >= 15 is 0 Å². The van der Waals surface area contributed by atoms with Gasteiger partial charge in [-0.15, -0.1) is 0 Å². The first-order chi connectivity index (χ1) is 7.59. The summed E-state index contributed by atoms with van der Waals surface area (Å²) < 4.78 is 5.60. The van der Waals surface area contributed by atoms with Gasteiger partial charge in [-0.2, -0.15) is 0 Å². The van der Waals surface area contributed by atoms with Crippen molar-refractivity contribution in [1.82, 2.24) is 0 Å². The van der Waals surface area contributed by atoms with Crippen molar-refractivity contribution in [3.05, 3.63) is 28.8 Å². The zero-order valence-corrected chi connectivity index (χ0v) is 9.86. The monoisotopic (exact) mass is 237 g/mol. The molecule has 0 spiro atoms. The van der Waals surface area contributed by atoms with Crippen LogP contribution >= 0.6 is 11.6 Å². The molecule has 4 heteroatoms. The van der Waals surface area contributed by atoms with E-state index in [0.29, 0.717) is 5.02 Å². The van der Waals surface area contributed by atoms with E-state index in [4.69, 9.17) is 16.3 Å². The highest BCUT2D eigenvalue weighted by molar-refractivity contribution is 6.30. The average Bonchev–Trinajstić information content (AvgIpc) is 2.99. The molecule has 0 radical (unpaired) electrons. The third-order valence-corrected chi connectivity index (χ3v) is 3.54. The number of ether oxygens (including phenoxy) is 1. The summed E-state index contributed by atoms with van der Waals surface area (Å²) in [5, 5.41) is 0.686. The molecular formula is C12H12ClNO2. The molecular weight excluding hydrogens is 226 g/mol. The fourth-order valence-corrected chi connectivity index (χ4v) is 2.72. The molecule has 0 bridgehead atoms. The molecule has 1 aromatic carbocycles. The highest BCUT2D eigenvalue weighted by Gasteiger charge is 2.52. The summed E-state index contributed by atoms with van der Waals surface area (Å²) in [6, 6.07) is 5.71. The van der Waals surface area contributed by atoms with Crippen LogP contribution in [0, 0.1) is 0 Å². The summed E-state index contributed by atoms with van der Waals surface area (Å²) in [7, 11) is 0. The SMILES string of the molecule is CC(=O)N1c2ccc(Cl)cc2[C@@H]2O[C@@H]2[C@@H]1C. The summed E-state index contributed by atoms with van der Waals surface area (Å²) in [5.74, 6) is 0.0463. The molecule has 16 heavy (non-hydrogen) atoms. The van der Waals surface area contributed by atoms with E-state index in [1.807, 2.05) is 25.1 Å². The predicted octanol–water partition coefficient (Wildman–Crippen LogP) is 2.53. The molecule has 2 aliphatic heterocycles. The Morgan fingerprint density at radius 3 is 2.94 bits per heavy atom. The zero-order chi connectivity index (χ0) is 11.4. The van der Waals surface area contributed by atoms with Gasteiger partial charge in [0, 0.05) is 17.5 Å². The summed E-state index contributed by atoms with van der Waals surface area (Å²) in [6.07, 6.45) is 0.258. The Hall–Kier alpha value is -1.06. The number of fused-ring (bicyclic) bond motifs is 3. The molecule has 3 nitrogen and oxygen atoms in total. The van der Waals surface area contributed by atoms with E-state index in [0.717, 1.165) is 11.3 Å². The van der Waals surface area contributed by atoms with Gasteiger partial charge in [0.25, 0.3) is 0 Å². The molecule has 0 aliphatic carbocycles. The lowest BCUT2D eigenvalue weighted by Crippen LogP contribution is -2.43. The first-order valence-electron chi connectivity index (χ1n) is 5.34. The number of carbonyl (C=O) groups excluding carboxylic acids is 1. The Labute approximate surface area is 98.9 Å². The van der Waals surface area contributed by atoms with Crippen molar-refractivity contribution in [3.8, 4) is 0 Å². The van der Waals surface area contributed by atoms with Gasteiger partial charge in [0.2, 0.25) is 5.91 Å². The molecule has 1 fully saturated rings. The molecule has 1 amide bonds. The van der Waals surface area contributed by atoms with Crippen molar-refractivity contribution in [2.24, 2.45) is 0 Å². The summed E-state index contributed by atoms with van der Waals surface area (Å²) in [4.78, 5) is 13.4. The van der Waals surface area contributed by atoms with Crippen molar-refractivity contribution < 1.29 is 9.53 Å². The molecule has 0 unspecified atom stereocenters. The molecule has 2 aliphatic rings. The Bertz CT molecular complexity index is 474. The normalized spacial score (nSPS) is 30.7. The van der Waals surface area contributed by atoms with Crippen molar-refractivity contribution in [1.29, 1.82) is 0 Å². The first kappa shape index (κ1) is 10.1. The van der Waals surface area contributed by atoms with Gasteiger partial charge in [-0.1, -0.05) is 11.6 Å².